The van der Waals surface area contributed by atoms with Gasteiger partial charge >= 0.3 is 0 Å². The molecule has 0 bridgehead atoms. The highest BCUT2D eigenvalue weighted by Crippen LogP contribution is 2.25. The molecule has 0 heterocycles. The van der Waals surface area contributed by atoms with Crippen molar-refractivity contribution in [3.05, 3.63) is 27.7 Å². The smallest absolute Gasteiger partial charge is 0.271 e. The van der Waals surface area contributed by atoms with Crippen LogP contribution in [0.4, 0.5) is 5.69 Å². The van der Waals surface area contributed by atoms with Crippen LogP contribution in [0.25, 0.3) is 0 Å². The lowest BCUT2D eigenvalue weighted by Gasteiger charge is -2.09. The summed E-state index contributed by atoms with van der Waals surface area (Å²) >= 11 is 9.07. The molecule has 0 aromatic heterocycles. The second-order valence-corrected chi connectivity index (χ2v) is 5.89. The molecule has 0 unspecified atom stereocenters. The monoisotopic (exact) mass is 326 g/mol. The Kier molecular flexibility index (Phi) is 5.04. The minimum atomic E-state index is -3.50. The molecule has 1 aromatic carbocycles. The van der Waals surface area contributed by atoms with Crippen LogP contribution in [-0.2, 0) is 10.2 Å². The third kappa shape index (κ3) is 4.29. The fourth-order valence-electron chi connectivity index (χ4n) is 0.987. The zero-order valence-electron chi connectivity index (χ0n) is 8.63. The fourth-order valence-corrected chi connectivity index (χ4v) is 2.40. The Hall–Kier alpha value is -0.300. The molecule has 0 aliphatic rings. The van der Waals surface area contributed by atoms with Gasteiger partial charge in [-0.05, 0) is 40.5 Å². The van der Waals surface area contributed by atoms with Crippen molar-refractivity contribution in [3.63, 3.8) is 0 Å². The van der Waals surface area contributed by atoms with E-state index in [4.69, 9.17) is 11.6 Å². The molecule has 90 valence electrons. The molecular weight excluding hydrogens is 316 g/mol. The number of hydrogen-bond acceptors (Lipinski definition) is 2. The van der Waals surface area contributed by atoms with Gasteiger partial charge in [0.2, 0.25) is 0 Å². The maximum absolute atomic E-state index is 11.5. The normalized spacial score (nSPS) is 11.4. The summed E-state index contributed by atoms with van der Waals surface area (Å²) in [7, 11) is -3.50. The first-order valence-corrected chi connectivity index (χ1v) is 7.32. The second-order valence-electron chi connectivity index (χ2n) is 3.13. The van der Waals surface area contributed by atoms with E-state index in [2.05, 4.69) is 25.4 Å². The first-order valence-electron chi connectivity index (χ1n) is 4.67. The lowest BCUT2D eigenvalue weighted by Crippen LogP contribution is -2.30. The van der Waals surface area contributed by atoms with Gasteiger partial charge in [0.25, 0.3) is 10.2 Å². The molecule has 7 heteroatoms. The molecule has 1 aromatic rings. The van der Waals surface area contributed by atoms with Crippen LogP contribution in [0.1, 0.15) is 13.3 Å². The number of halogens is 2. The van der Waals surface area contributed by atoms with Crippen molar-refractivity contribution >= 4 is 43.4 Å². The van der Waals surface area contributed by atoms with Crippen LogP contribution in [0.2, 0.25) is 5.02 Å². The molecule has 4 nitrogen and oxygen atoms in total. The van der Waals surface area contributed by atoms with Crippen molar-refractivity contribution < 1.29 is 8.42 Å². The molecule has 0 amide bonds. The summed E-state index contributed by atoms with van der Waals surface area (Å²) in [5.74, 6) is 0. The Labute approximate surface area is 109 Å². The SMILES string of the molecule is CCCNS(=O)(=O)Nc1ccc(Br)c(Cl)c1. The van der Waals surface area contributed by atoms with Crippen molar-refractivity contribution in [2.75, 3.05) is 11.3 Å². The summed E-state index contributed by atoms with van der Waals surface area (Å²) in [4.78, 5) is 0. The Morgan fingerprint density at radius 2 is 2.12 bits per heavy atom. The maximum Gasteiger partial charge on any atom is 0.299 e. The highest BCUT2D eigenvalue weighted by Gasteiger charge is 2.09. The van der Waals surface area contributed by atoms with Crippen molar-refractivity contribution in [1.29, 1.82) is 0 Å². The van der Waals surface area contributed by atoms with E-state index >= 15 is 0 Å². The molecular formula is C9H12BrClN2O2S. The maximum atomic E-state index is 11.5. The molecule has 0 atom stereocenters. The highest BCUT2D eigenvalue weighted by atomic mass is 79.9. The molecule has 2 N–H and O–H groups in total. The molecule has 0 aliphatic carbocycles. The zero-order chi connectivity index (χ0) is 12.2. The first kappa shape index (κ1) is 13.8. The average Bonchev–Trinajstić information content (AvgIpc) is 2.20. The van der Waals surface area contributed by atoms with Gasteiger partial charge in [-0.3, -0.25) is 4.72 Å². The van der Waals surface area contributed by atoms with Gasteiger partial charge < -0.3 is 0 Å². The van der Waals surface area contributed by atoms with Gasteiger partial charge in [-0.2, -0.15) is 13.1 Å². The average molecular weight is 328 g/mol. The standard InChI is InChI=1S/C9H12BrClN2O2S/c1-2-5-12-16(14,15)13-7-3-4-8(10)9(11)6-7/h3-4,6,12-13H,2,5H2,1H3. The van der Waals surface area contributed by atoms with E-state index < -0.39 is 10.2 Å². The minimum absolute atomic E-state index is 0.402. The van der Waals surface area contributed by atoms with Crippen LogP contribution < -0.4 is 9.44 Å². The Morgan fingerprint density at radius 3 is 2.69 bits per heavy atom. The number of benzene rings is 1. The van der Waals surface area contributed by atoms with Gasteiger partial charge in [-0.15, -0.1) is 0 Å². The van der Waals surface area contributed by atoms with Crippen LogP contribution in [-0.4, -0.2) is 15.0 Å². The second kappa shape index (κ2) is 5.86. The molecule has 0 radical (unpaired) electrons. The van der Waals surface area contributed by atoms with Gasteiger partial charge in [0.1, 0.15) is 0 Å². The van der Waals surface area contributed by atoms with Crippen molar-refractivity contribution in [2.45, 2.75) is 13.3 Å². The van der Waals surface area contributed by atoms with Crippen LogP contribution in [0.5, 0.6) is 0 Å². The van der Waals surface area contributed by atoms with Gasteiger partial charge in [0.15, 0.2) is 0 Å². The molecule has 16 heavy (non-hydrogen) atoms. The topological polar surface area (TPSA) is 58.2 Å². The van der Waals surface area contributed by atoms with E-state index in [1.807, 2.05) is 6.92 Å². The van der Waals surface area contributed by atoms with Gasteiger partial charge in [-0.25, -0.2) is 0 Å². The van der Waals surface area contributed by atoms with E-state index in [9.17, 15) is 8.42 Å². The molecule has 1 rings (SSSR count). The largest absolute Gasteiger partial charge is 0.299 e. The highest BCUT2D eigenvalue weighted by molar-refractivity contribution is 9.10. The lowest BCUT2D eigenvalue weighted by atomic mass is 10.3. The summed E-state index contributed by atoms with van der Waals surface area (Å²) in [6.45, 7) is 2.29. The summed E-state index contributed by atoms with van der Waals surface area (Å²) < 4.78 is 28.5. The van der Waals surface area contributed by atoms with Crippen LogP contribution in [0, 0.1) is 0 Å². The molecule has 0 saturated carbocycles. The summed E-state index contributed by atoms with van der Waals surface area (Å²) in [6.07, 6.45) is 0.738. The van der Waals surface area contributed by atoms with Crippen LogP contribution >= 0.6 is 27.5 Å². The number of hydrogen-bond donors (Lipinski definition) is 2. The van der Waals surface area contributed by atoms with Gasteiger partial charge in [0, 0.05) is 11.0 Å². The lowest BCUT2D eigenvalue weighted by molar-refractivity contribution is 0.586. The predicted molar refractivity (Wildman–Crippen MR) is 70.0 cm³/mol. The summed E-state index contributed by atoms with van der Waals surface area (Å²) in [5, 5.41) is 0.454. The third-order valence-corrected chi connectivity index (χ3v) is 4.03. The van der Waals surface area contributed by atoms with E-state index in [0.29, 0.717) is 17.3 Å². The first-order chi connectivity index (χ1) is 7.44. The van der Waals surface area contributed by atoms with Crippen LogP contribution in [0.15, 0.2) is 22.7 Å². The quantitative estimate of drug-likeness (QED) is 0.873. The number of nitrogens with one attached hydrogen (secondary N) is 2. The van der Waals surface area contributed by atoms with E-state index in [1.54, 1.807) is 12.1 Å². The minimum Gasteiger partial charge on any atom is -0.271 e. The zero-order valence-corrected chi connectivity index (χ0v) is 11.8. The van der Waals surface area contributed by atoms with E-state index in [1.165, 1.54) is 6.07 Å². The van der Waals surface area contributed by atoms with Crippen molar-refractivity contribution in [1.82, 2.24) is 4.72 Å². The van der Waals surface area contributed by atoms with Gasteiger partial charge in [0.05, 0.1) is 10.7 Å². The molecule has 0 spiro atoms. The van der Waals surface area contributed by atoms with E-state index in [0.717, 1.165) is 10.9 Å². The summed E-state index contributed by atoms with van der Waals surface area (Å²) in [6, 6.07) is 4.85. The van der Waals surface area contributed by atoms with Crippen molar-refractivity contribution in [3.8, 4) is 0 Å². The summed E-state index contributed by atoms with van der Waals surface area (Å²) in [5.41, 5.74) is 0.428. The Balaban J connectivity index is 2.76. The Bertz CT molecular complexity index is 465. The number of rotatable bonds is 5. The Morgan fingerprint density at radius 1 is 1.44 bits per heavy atom. The predicted octanol–water partition coefficient (Wildman–Crippen LogP) is 2.76. The third-order valence-electron chi connectivity index (χ3n) is 1.71. The molecule has 0 saturated heterocycles. The molecule has 0 fully saturated rings. The fraction of sp³-hybridized carbons (Fsp3) is 0.333. The van der Waals surface area contributed by atoms with Gasteiger partial charge in [-0.1, -0.05) is 18.5 Å². The van der Waals surface area contributed by atoms with E-state index in [-0.39, 0.29) is 0 Å². The number of anilines is 1. The van der Waals surface area contributed by atoms with Crippen molar-refractivity contribution in [2.24, 2.45) is 0 Å². The van der Waals surface area contributed by atoms with Crippen LogP contribution in [0.3, 0.4) is 0 Å². The molecule has 0 aliphatic heterocycles.